The molecule has 1 aromatic rings. The minimum atomic E-state index is -0.153. The van der Waals surface area contributed by atoms with E-state index in [0.29, 0.717) is 6.61 Å². The maximum Gasteiger partial charge on any atom is 0.315 e. The Labute approximate surface area is 130 Å². The molecule has 4 nitrogen and oxygen atoms in total. The molecule has 3 rings (SSSR count). The van der Waals surface area contributed by atoms with Crippen LogP contribution in [0.4, 0.5) is 5.13 Å². The van der Waals surface area contributed by atoms with Gasteiger partial charge in [0.15, 0.2) is 5.13 Å². The summed E-state index contributed by atoms with van der Waals surface area (Å²) in [4.78, 5) is 18.1. The zero-order valence-electron chi connectivity index (χ0n) is 12.9. The van der Waals surface area contributed by atoms with Crippen LogP contribution in [0.15, 0.2) is 0 Å². The minimum absolute atomic E-state index is 0.107. The van der Waals surface area contributed by atoms with Gasteiger partial charge < -0.3 is 10.1 Å². The maximum absolute atomic E-state index is 12.1. The van der Waals surface area contributed by atoms with E-state index in [-0.39, 0.29) is 17.4 Å². The van der Waals surface area contributed by atoms with E-state index in [1.54, 1.807) is 11.3 Å². The number of nitrogens with one attached hydrogen (secondary N) is 1. The van der Waals surface area contributed by atoms with Crippen LogP contribution in [0.1, 0.15) is 68.9 Å². The number of anilines is 1. The van der Waals surface area contributed by atoms with E-state index in [1.165, 1.54) is 24.1 Å². The number of ether oxygens (including phenoxy) is 1. The number of esters is 1. The highest BCUT2D eigenvalue weighted by Crippen LogP contribution is 2.42. The molecule has 0 radical (unpaired) electrons. The fourth-order valence-electron chi connectivity index (χ4n) is 3.34. The number of aromatic nitrogens is 1. The lowest BCUT2D eigenvalue weighted by Crippen LogP contribution is -2.44. The number of hydrogen-bond acceptors (Lipinski definition) is 5. The lowest BCUT2D eigenvalue weighted by atomic mass is 9.75. The first-order valence-electron chi connectivity index (χ1n) is 8.12. The summed E-state index contributed by atoms with van der Waals surface area (Å²) in [5, 5.41) is 4.64. The van der Waals surface area contributed by atoms with Crippen LogP contribution in [0, 0.1) is 0 Å². The van der Waals surface area contributed by atoms with Gasteiger partial charge in [-0.25, -0.2) is 4.98 Å². The fourth-order valence-corrected chi connectivity index (χ4v) is 4.53. The van der Waals surface area contributed by atoms with Crippen LogP contribution in [-0.4, -0.2) is 23.1 Å². The summed E-state index contributed by atoms with van der Waals surface area (Å²) >= 11 is 1.74. The third-order valence-corrected chi connectivity index (χ3v) is 5.93. The largest absolute Gasteiger partial charge is 0.465 e. The molecule has 1 atom stereocenters. The van der Waals surface area contributed by atoms with Gasteiger partial charge in [-0.05, 0) is 51.9 Å². The fraction of sp³-hybridized carbons (Fsp3) is 0.750. The molecule has 1 N–H and O–H groups in total. The van der Waals surface area contributed by atoms with Crippen LogP contribution in [0.25, 0.3) is 0 Å². The van der Waals surface area contributed by atoms with E-state index >= 15 is 0 Å². The molecule has 1 aromatic heterocycles. The Morgan fingerprint density at radius 1 is 1.43 bits per heavy atom. The minimum Gasteiger partial charge on any atom is -0.465 e. The Morgan fingerprint density at radius 3 is 2.86 bits per heavy atom. The van der Waals surface area contributed by atoms with Gasteiger partial charge in [-0.3, -0.25) is 4.79 Å². The third-order valence-electron chi connectivity index (χ3n) is 4.88. The smallest absolute Gasteiger partial charge is 0.315 e. The Hall–Kier alpha value is -1.10. The van der Waals surface area contributed by atoms with Gasteiger partial charge in [0, 0.05) is 10.4 Å². The first kappa shape index (κ1) is 14.8. The van der Waals surface area contributed by atoms with Gasteiger partial charge in [-0.1, -0.05) is 6.92 Å². The Balaban J connectivity index is 1.79. The molecule has 5 heteroatoms. The highest BCUT2D eigenvalue weighted by atomic mass is 32.1. The lowest BCUT2D eigenvalue weighted by molar-refractivity contribution is -0.145. The van der Waals surface area contributed by atoms with Gasteiger partial charge in [0.2, 0.25) is 0 Å². The molecule has 0 aromatic carbocycles. The van der Waals surface area contributed by atoms with Crippen molar-refractivity contribution in [3.8, 4) is 0 Å². The van der Waals surface area contributed by atoms with Crippen molar-refractivity contribution in [3.05, 3.63) is 10.6 Å². The van der Waals surface area contributed by atoms with Gasteiger partial charge in [0.25, 0.3) is 0 Å². The van der Waals surface area contributed by atoms with Crippen LogP contribution in [0.2, 0.25) is 0 Å². The van der Waals surface area contributed by atoms with Gasteiger partial charge in [0.05, 0.1) is 12.3 Å². The van der Waals surface area contributed by atoms with Crippen molar-refractivity contribution in [1.29, 1.82) is 0 Å². The molecule has 0 amide bonds. The van der Waals surface area contributed by atoms with Gasteiger partial charge in [0.1, 0.15) is 5.92 Å². The Kier molecular flexibility index (Phi) is 4.20. The second kappa shape index (κ2) is 5.95. The molecule has 2 aliphatic carbocycles. The highest BCUT2D eigenvalue weighted by molar-refractivity contribution is 7.15. The first-order chi connectivity index (χ1) is 10.2. The molecule has 0 saturated heterocycles. The maximum atomic E-state index is 12.1. The molecule has 0 bridgehead atoms. The van der Waals surface area contributed by atoms with Gasteiger partial charge in [-0.15, -0.1) is 11.3 Å². The van der Waals surface area contributed by atoms with Crippen molar-refractivity contribution in [2.24, 2.45) is 0 Å². The molecule has 1 saturated carbocycles. The molecular formula is C16H24N2O2S. The number of carbonyl (C=O) groups excluding carboxylic acids is 1. The van der Waals surface area contributed by atoms with Crippen LogP contribution >= 0.6 is 11.3 Å². The second-order valence-electron chi connectivity index (χ2n) is 6.14. The van der Waals surface area contributed by atoms with Crippen molar-refractivity contribution in [2.75, 3.05) is 11.9 Å². The van der Waals surface area contributed by atoms with E-state index < -0.39 is 0 Å². The Bertz CT molecular complexity index is 517. The average molecular weight is 308 g/mol. The summed E-state index contributed by atoms with van der Waals surface area (Å²) in [5.41, 5.74) is 1.22. The zero-order valence-corrected chi connectivity index (χ0v) is 13.7. The van der Waals surface area contributed by atoms with Crippen LogP contribution < -0.4 is 5.32 Å². The number of aryl methyl sites for hydroxylation is 1. The normalized spacial score (nSPS) is 23.0. The topological polar surface area (TPSA) is 51.2 Å². The molecule has 1 unspecified atom stereocenters. The van der Waals surface area contributed by atoms with E-state index in [2.05, 4.69) is 12.2 Å². The molecule has 1 fully saturated rings. The van der Waals surface area contributed by atoms with Crippen molar-refractivity contribution in [1.82, 2.24) is 4.98 Å². The standard InChI is InChI=1S/C16H24N2O2S/c1-3-16(9-6-10-16)18-15-17-13-11(14(19)20-4-2)7-5-8-12(13)21-15/h11H,3-10H2,1-2H3,(H,17,18). The lowest BCUT2D eigenvalue weighted by Gasteiger charge is -2.41. The quantitative estimate of drug-likeness (QED) is 0.839. The molecule has 1 heterocycles. The predicted octanol–water partition coefficient (Wildman–Crippen LogP) is 3.87. The summed E-state index contributed by atoms with van der Waals surface area (Å²) in [6.45, 7) is 4.54. The number of thiazole rings is 1. The van der Waals surface area contributed by atoms with Crippen LogP contribution in [-0.2, 0) is 16.0 Å². The monoisotopic (exact) mass is 308 g/mol. The van der Waals surface area contributed by atoms with E-state index in [1.807, 2.05) is 6.92 Å². The number of nitrogens with zero attached hydrogens (tertiary/aromatic N) is 1. The Morgan fingerprint density at radius 2 is 2.24 bits per heavy atom. The average Bonchev–Trinajstić information content (AvgIpc) is 2.85. The SMILES string of the molecule is CCOC(=O)C1CCCc2sc(NC3(CC)CCC3)nc21. The first-order valence-corrected chi connectivity index (χ1v) is 8.93. The van der Waals surface area contributed by atoms with Gasteiger partial charge >= 0.3 is 5.97 Å². The summed E-state index contributed by atoms with van der Waals surface area (Å²) in [6, 6.07) is 0. The second-order valence-corrected chi connectivity index (χ2v) is 7.22. The molecule has 2 aliphatic rings. The number of hydrogen-bond donors (Lipinski definition) is 1. The summed E-state index contributed by atoms with van der Waals surface area (Å²) < 4.78 is 5.21. The summed E-state index contributed by atoms with van der Waals surface area (Å²) in [5.74, 6) is -0.261. The highest BCUT2D eigenvalue weighted by Gasteiger charge is 2.37. The van der Waals surface area contributed by atoms with Crippen LogP contribution in [0.3, 0.4) is 0 Å². The van der Waals surface area contributed by atoms with Crippen LogP contribution in [0.5, 0.6) is 0 Å². The number of fused-ring (bicyclic) bond motifs is 1. The third kappa shape index (κ3) is 2.80. The molecular weight excluding hydrogens is 284 g/mol. The molecule has 116 valence electrons. The number of rotatable bonds is 5. The van der Waals surface area contributed by atoms with E-state index in [4.69, 9.17) is 9.72 Å². The van der Waals surface area contributed by atoms with Crippen molar-refractivity contribution >= 4 is 22.4 Å². The predicted molar refractivity (Wildman–Crippen MR) is 84.9 cm³/mol. The summed E-state index contributed by atoms with van der Waals surface area (Å²) in [7, 11) is 0. The van der Waals surface area contributed by atoms with Crippen molar-refractivity contribution in [2.45, 2.75) is 70.3 Å². The molecule has 0 spiro atoms. The van der Waals surface area contributed by atoms with E-state index in [0.717, 1.165) is 36.5 Å². The number of carbonyl (C=O) groups is 1. The van der Waals surface area contributed by atoms with E-state index in [9.17, 15) is 4.79 Å². The summed E-state index contributed by atoms with van der Waals surface area (Å²) in [6.07, 6.45) is 7.87. The van der Waals surface area contributed by atoms with Crippen molar-refractivity contribution < 1.29 is 9.53 Å². The molecule has 21 heavy (non-hydrogen) atoms. The van der Waals surface area contributed by atoms with Gasteiger partial charge in [-0.2, -0.15) is 0 Å². The van der Waals surface area contributed by atoms with Crippen molar-refractivity contribution in [3.63, 3.8) is 0 Å². The zero-order chi connectivity index (χ0) is 14.9. The molecule has 0 aliphatic heterocycles.